The van der Waals surface area contributed by atoms with Crippen molar-refractivity contribution in [1.29, 1.82) is 0 Å². The highest BCUT2D eigenvalue weighted by atomic mass is 16.2. The zero-order valence-electron chi connectivity index (χ0n) is 14.2. The molecule has 6 nitrogen and oxygen atoms in total. The average molecular weight is 318 g/mol. The summed E-state index contributed by atoms with van der Waals surface area (Å²) in [5.41, 5.74) is 1.77. The molecule has 0 radical (unpaired) electrons. The molecular formula is C17H26N4O2. The van der Waals surface area contributed by atoms with Gasteiger partial charge in [-0.2, -0.15) is 0 Å². The Hall–Kier alpha value is -2.08. The smallest absolute Gasteiger partial charge is 0.317 e. The highest BCUT2D eigenvalue weighted by Crippen LogP contribution is 2.18. The number of amides is 2. The molecule has 1 fully saturated rings. The van der Waals surface area contributed by atoms with E-state index in [1.807, 2.05) is 48.2 Å². The van der Waals surface area contributed by atoms with Crippen molar-refractivity contribution in [2.24, 2.45) is 0 Å². The number of hydrogen-bond acceptors (Lipinski definition) is 4. The predicted molar refractivity (Wildman–Crippen MR) is 92.2 cm³/mol. The van der Waals surface area contributed by atoms with Gasteiger partial charge >= 0.3 is 6.03 Å². The Morgan fingerprint density at radius 3 is 2.48 bits per heavy atom. The minimum absolute atomic E-state index is 0.00369. The molecule has 1 aliphatic heterocycles. The molecule has 0 unspecified atom stereocenters. The SMILES string of the molecule is CC(=O)c1cccc(N2CCN(C(=O)NCCN(C)C)CC2)c1. The minimum atomic E-state index is 0.00369. The zero-order chi connectivity index (χ0) is 16.8. The van der Waals surface area contributed by atoms with E-state index in [1.165, 1.54) is 0 Å². The third-order valence-corrected chi connectivity index (χ3v) is 4.02. The monoisotopic (exact) mass is 318 g/mol. The van der Waals surface area contributed by atoms with E-state index in [2.05, 4.69) is 10.2 Å². The largest absolute Gasteiger partial charge is 0.368 e. The lowest BCUT2D eigenvalue weighted by atomic mass is 10.1. The second kappa shape index (κ2) is 7.97. The van der Waals surface area contributed by atoms with Crippen molar-refractivity contribution in [3.05, 3.63) is 29.8 Å². The Balaban J connectivity index is 1.85. The van der Waals surface area contributed by atoms with Crippen LogP contribution in [-0.2, 0) is 0 Å². The Morgan fingerprint density at radius 1 is 1.17 bits per heavy atom. The second-order valence-electron chi connectivity index (χ2n) is 6.12. The molecule has 1 heterocycles. The molecule has 0 saturated carbocycles. The van der Waals surface area contributed by atoms with Crippen LogP contribution in [0.2, 0.25) is 0 Å². The zero-order valence-corrected chi connectivity index (χ0v) is 14.2. The maximum absolute atomic E-state index is 12.1. The molecular weight excluding hydrogens is 292 g/mol. The number of anilines is 1. The summed E-state index contributed by atoms with van der Waals surface area (Å²) in [5, 5.41) is 2.94. The molecule has 1 saturated heterocycles. The first-order chi connectivity index (χ1) is 11.0. The van der Waals surface area contributed by atoms with E-state index in [-0.39, 0.29) is 11.8 Å². The van der Waals surface area contributed by atoms with Crippen LogP contribution in [0.4, 0.5) is 10.5 Å². The Labute approximate surface area is 138 Å². The van der Waals surface area contributed by atoms with Gasteiger partial charge in [-0.1, -0.05) is 12.1 Å². The molecule has 6 heteroatoms. The molecule has 0 aliphatic carbocycles. The first-order valence-corrected chi connectivity index (χ1v) is 8.01. The first kappa shape index (κ1) is 17.3. The van der Waals surface area contributed by atoms with E-state index in [1.54, 1.807) is 6.92 Å². The molecule has 2 rings (SSSR count). The Morgan fingerprint density at radius 2 is 1.87 bits per heavy atom. The number of carbonyl (C=O) groups is 2. The number of likely N-dealkylation sites (N-methyl/N-ethyl adjacent to an activating group) is 1. The van der Waals surface area contributed by atoms with E-state index < -0.39 is 0 Å². The summed E-state index contributed by atoms with van der Waals surface area (Å²) >= 11 is 0. The van der Waals surface area contributed by atoms with Crippen LogP contribution >= 0.6 is 0 Å². The lowest BCUT2D eigenvalue weighted by molar-refractivity contribution is 0.101. The van der Waals surface area contributed by atoms with Crippen molar-refractivity contribution in [3.63, 3.8) is 0 Å². The second-order valence-corrected chi connectivity index (χ2v) is 6.12. The van der Waals surface area contributed by atoms with Gasteiger partial charge in [-0.3, -0.25) is 4.79 Å². The standard InChI is InChI=1S/C17H26N4O2/c1-14(22)15-5-4-6-16(13-15)20-9-11-21(12-10-20)17(23)18-7-8-19(2)3/h4-6,13H,7-12H2,1-3H3,(H,18,23). The highest BCUT2D eigenvalue weighted by molar-refractivity contribution is 5.95. The van der Waals surface area contributed by atoms with Gasteiger partial charge in [0.1, 0.15) is 0 Å². The Bertz CT molecular complexity index is 551. The third-order valence-electron chi connectivity index (χ3n) is 4.02. The van der Waals surface area contributed by atoms with Gasteiger partial charge in [0.25, 0.3) is 0 Å². The van der Waals surface area contributed by atoms with Crippen LogP contribution in [0.3, 0.4) is 0 Å². The van der Waals surface area contributed by atoms with Crippen molar-refractivity contribution in [3.8, 4) is 0 Å². The van der Waals surface area contributed by atoms with E-state index >= 15 is 0 Å². The molecule has 1 N–H and O–H groups in total. The van der Waals surface area contributed by atoms with Crippen molar-refractivity contribution >= 4 is 17.5 Å². The summed E-state index contributed by atoms with van der Waals surface area (Å²) in [6.45, 7) is 6.02. The number of benzene rings is 1. The molecule has 0 aromatic heterocycles. The number of carbonyl (C=O) groups excluding carboxylic acids is 2. The fourth-order valence-corrected chi connectivity index (χ4v) is 2.59. The van der Waals surface area contributed by atoms with Gasteiger partial charge in [0.2, 0.25) is 0 Å². The first-order valence-electron chi connectivity index (χ1n) is 8.01. The summed E-state index contributed by atoms with van der Waals surface area (Å²) in [7, 11) is 3.97. The van der Waals surface area contributed by atoms with Gasteiger partial charge in [0, 0.05) is 50.5 Å². The molecule has 23 heavy (non-hydrogen) atoms. The quantitative estimate of drug-likeness (QED) is 0.831. The summed E-state index contributed by atoms with van der Waals surface area (Å²) in [5.74, 6) is 0.0748. The van der Waals surface area contributed by atoms with Crippen LogP contribution < -0.4 is 10.2 Å². The number of nitrogens with zero attached hydrogens (tertiary/aromatic N) is 3. The number of nitrogens with one attached hydrogen (secondary N) is 1. The normalized spacial score (nSPS) is 15.0. The highest BCUT2D eigenvalue weighted by Gasteiger charge is 2.21. The molecule has 0 spiro atoms. The summed E-state index contributed by atoms with van der Waals surface area (Å²) in [6, 6.07) is 7.69. The van der Waals surface area contributed by atoms with E-state index in [0.717, 1.165) is 30.9 Å². The van der Waals surface area contributed by atoms with E-state index in [0.29, 0.717) is 19.6 Å². The maximum Gasteiger partial charge on any atom is 0.317 e. The molecule has 126 valence electrons. The number of piperazine rings is 1. The fourth-order valence-electron chi connectivity index (χ4n) is 2.59. The predicted octanol–water partition coefficient (Wildman–Crippen LogP) is 1.28. The van der Waals surface area contributed by atoms with Crippen molar-refractivity contribution in [1.82, 2.24) is 15.1 Å². The fraction of sp³-hybridized carbons (Fsp3) is 0.529. The van der Waals surface area contributed by atoms with Gasteiger partial charge in [-0.05, 0) is 33.2 Å². The van der Waals surface area contributed by atoms with Crippen molar-refractivity contribution in [2.45, 2.75) is 6.92 Å². The van der Waals surface area contributed by atoms with Crippen LogP contribution in [0, 0.1) is 0 Å². The lowest BCUT2D eigenvalue weighted by Gasteiger charge is -2.36. The summed E-state index contributed by atoms with van der Waals surface area (Å²) in [6.07, 6.45) is 0. The lowest BCUT2D eigenvalue weighted by Crippen LogP contribution is -2.52. The van der Waals surface area contributed by atoms with Crippen LogP contribution in [-0.4, -0.2) is 75.0 Å². The molecule has 0 bridgehead atoms. The maximum atomic E-state index is 12.1. The van der Waals surface area contributed by atoms with E-state index in [4.69, 9.17) is 0 Å². The third kappa shape index (κ3) is 4.96. The number of Topliss-reactive ketones (excluding diaryl/α,β-unsaturated/α-hetero) is 1. The van der Waals surface area contributed by atoms with E-state index in [9.17, 15) is 9.59 Å². The molecule has 2 amide bonds. The number of hydrogen-bond donors (Lipinski definition) is 1. The van der Waals surface area contributed by atoms with Gasteiger partial charge in [0.05, 0.1) is 0 Å². The number of urea groups is 1. The van der Waals surface area contributed by atoms with Crippen LogP contribution in [0.1, 0.15) is 17.3 Å². The number of rotatable bonds is 5. The minimum Gasteiger partial charge on any atom is -0.368 e. The molecule has 1 aromatic rings. The summed E-state index contributed by atoms with van der Waals surface area (Å²) < 4.78 is 0. The summed E-state index contributed by atoms with van der Waals surface area (Å²) in [4.78, 5) is 29.7. The topological polar surface area (TPSA) is 55.9 Å². The molecule has 1 aliphatic rings. The van der Waals surface area contributed by atoms with Gasteiger partial charge < -0.3 is 20.0 Å². The van der Waals surface area contributed by atoms with Crippen LogP contribution in [0.15, 0.2) is 24.3 Å². The van der Waals surface area contributed by atoms with Gasteiger partial charge in [-0.15, -0.1) is 0 Å². The average Bonchev–Trinajstić information content (AvgIpc) is 2.54. The van der Waals surface area contributed by atoms with Crippen molar-refractivity contribution in [2.75, 3.05) is 58.3 Å². The molecule has 0 atom stereocenters. The van der Waals surface area contributed by atoms with Crippen LogP contribution in [0.5, 0.6) is 0 Å². The van der Waals surface area contributed by atoms with Gasteiger partial charge in [-0.25, -0.2) is 4.79 Å². The van der Waals surface area contributed by atoms with Crippen molar-refractivity contribution < 1.29 is 9.59 Å². The molecule has 1 aromatic carbocycles. The van der Waals surface area contributed by atoms with Crippen LogP contribution in [0.25, 0.3) is 0 Å². The Kier molecular flexibility index (Phi) is 5.98. The van der Waals surface area contributed by atoms with Gasteiger partial charge in [0.15, 0.2) is 5.78 Å². The number of ketones is 1.